The second-order valence-electron chi connectivity index (χ2n) is 11.5. The number of amides is 2. The van der Waals surface area contributed by atoms with Gasteiger partial charge >= 0.3 is 0 Å². The minimum atomic E-state index is -4.13. The fourth-order valence-corrected chi connectivity index (χ4v) is 7.48. The molecule has 0 spiro atoms. The van der Waals surface area contributed by atoms with Gasteiger partial charge in [-0.2, -0.15) is 0 Å². The highest BCUT2D eigenvalue weighted by molar-refractivity contribution is 9.10. The number of anilines is 1. The molecule has 1 saturated carbocycles. The zero-order valence-corrected chi connectivity index (χ0v) is 27.7. The van der Waals surface area contributed by atoms with E-state index in [1.165, 1.54) is 12.1 Å². The van der Waals surface area contributed by atoms with Crippen LogP contribution >= 0.6 is 15.9 Å². The zero-order valence-electron chi connectivity index (χ0n) is 25.3. The molecule has 1 unspecified atom stereocenters. The van der Waals surface area contributed by atoms with Crippen LogP contribution in [0.1, 0.15) is 42.4 Å². The van der Waals surface area contributed by atoms with E-state index in [9.17, 15) is 18.0 Å². The number of hydrogen-bond donors (Lipinski definition) is 1. The predicted octanol–water partition coefficient (Wildman–Crippen LogP) is 6.65. The summed E-state index contributed by atoms with van der Waals surface area (Å²) in [6, 6.07) is 31.5. The molecule has 4 aromatic carbocycles. The van der Waals surface area contributed by atoms with Crippen LogP contribution in [-0.2, 0) is 32.6 Å². The van der Waals surface area contributed by atoms with E-state index in [2.05, 4.69) is 21.2 Å². The Balaban J connectivity index is 1.56. The first-order chi connectivity index (χ1) is 21.7. The first-order valence-electron chi connectivity index (χ1n) is 15.2. The summed E-state index contributed by atoms with van der Waals surface area (Å²) in [7, 11) is -4.13. The van der Waals surface area contributed by atoms with Gasteiger partial charge in [0.1, 0.15) is 12.6 Å². The lowest BCUT2D eigenvalue weighted by atomic mass is 10.0. The number of carbonyl (C=O) groups is 2. The maximum Gasteiger partial charge on any atom is 0.264 e. The second kappa shape index (κ2) is 14.9. The molecule has 0 aliphatic heterocycles. The molecule has 0 bridgehead atoms. The lowest BCUT2D eigenvalue weighted by Gasteiger charge is -2.34. The van der Waals surface area contributed by atoms with Gasteiger partial charge in [0.25, 0.3) is 10.0 Å². The van der Waals surface area contributed by atoms with Crippen LogP contribution in [0.15, 0.2) is 119 Å². The molecule has 5 rings (SSSR count). The van der Waals surface area contributed by atoms with Crippen molar-refractivity contribution in [1.29, 1.82) is 0 Å². The Morgan fingerprint density at radius 1 is 0.844 bits per heavy atom. The Labute approximate surface area is 274 Å². The standard InChI is InChI=1S/C36H38BrN3O4S/c1-27-11-10-14-29(23-27)25-39(34(24-28-12-4-2-5-13-28)36(42)38-31-15-8-9-16-31)35(41)26-40(32-21-19-30(37)20-22-32)45(43,44)33-17-6-3-7-18-33/h2-7,10-14,17-23,31,34H,8-9,15-16,24-26H2,1H3,(H,38,42). The summed E-state index contributed by atoms with van der Waals surface area (Å²) >= 11 is 3.42. The molecule has 4 aromatic rings. The highest BCUT2D eigenvalue weighted by atomic mass is 79.9. The zero-order chi connectivity index (χ0) is 31.8. The fraction of sp³-hybridized carbons (Fsp3) is 0.278. The van der Waals surface area contributed by atoms with Gasteiger partial charge in [-0.15, -0.1) is 0 Å². The van der Waals surface area contributed by atoms with Crippen molar-refractivity contribution in [2.75, 3.05) is 10.8 Å². The van der Waals surface area contributed by atoms with E-state index in [1.54, 1.807) is 47.4 Å². The molecule has 45 heavy (non-hydrogen) atoms. The van der Waals surface area contributed by atoms with Gasteiger partial charge in [0.2, 0.25) is 11.8 Å². The van der Waals surface area contributed by atoms with Crippen LogP contribution in [0.25, 0.3) is 0 Å². The maximum absolute atomic E-state index is 14.6. The Morgan fingerprint density at radius 3 is 2.11 bits per heavy atom. The lowest BCUT2D eigenvalue weighted by Crippen LogP contribution is -2.54. The molecule has 1 atom stereocenters. The van der Waals surface area contributed by atoms with Gasteiger partial charge in [-0.25, -0.2) is 8.42 Å². The summed E-state index contributed by atoms with van der Waals surface area (Å²) < 4.78 is 30.0. The molecule has 0 heterocycles. The van der Waals surface area contributed by atoms with E-state index >= 15 is 0 Å². The molecule has 0 aromatic heterocycles. The van der Waals surface area contributed by atoms with E-state index in [1.807, 2.05) is 61.5 Å². The van der Waals surface area contributed by atoms with Gasteiger partial charge in [0.15, 0.2) is 0 Å². The van der Waals surface area contributed by atoms with Crippen molar-refractivity contribution >= 4 is 43.5 Å². The third kappa shape index (κ3) is 8.41. The molecule has 9 heteroatoms. The van der Waals surface area contributed by atoms with E-state index in [-0.39, 0.29) is 23.4 Å². The number of carbonyl (C=O) groups excluding carboxylic acids is 2. The van der Waals surface area contributed by atoms with Gasteiger partial charge < -0.3 is 10.2 Å². The number of nitrogens with one attached hydrogen (secondary N) is 1. The topological polar surface area (TPSA) is 86.8 Å². The average Bonchev–Trinajstić information content (AvgIpc) is 3.56. The molecule has 234 valence electrons. The van der Waals surface area contributed by atoms with Crippen molar-refractivity contribution < 1.29 is 18.0 Å². The SMILES string of the molecule is Cc1cccc(CN(C(=O)CN(c2ccc(Br)cc2)S(=O)(=O)c2ccccc2)C(Cc2ccccc2)C(=O)NC2CCCC2)c1. The highest BCUT2D eigenvalue weighted by Crippen LogP contribution is 2.27. The summed E-state index contributed by atoms with van der Waals surface area (Å²) in [5, 5.41) is 3.21. The third-order valence-electron chi connectivity index (χ3n) is 8.13. The van der Waals surface area contributed by atoms with Gasteiger partial charge in [-0.1, -0.05) is 107 Å². The van der Waals surface area contributed by atoms with E-state index in [4.69, 9.17) is 0 Å². The summed E-state index contributed by atoms with van der Waals surface area (Å²) in [5.41, 5.74) is 3.14. The van der Waals surface area contributed by atoms with Crippen LogP contribution in [0.5, 0.6) is 0 Å². The largest absolute Gasteiger partial charge is 0.352 e. The highest BCUT2D eigenvalue weighted by Gasteiger charge is 2.35. The number of aryl methyl sites for hydroxylation is 1. The smallest absolute Gasteiger partial charge is 0.264 e. The van der Waals surface area contributed by atoms with Gasteiger partial charge in [0.05, 0.1) is 10.6 Å². The van der Waals surface area contributed by atoms with Crippen molar-refractivity contribution in [1.82, 2.24) is 10.2 Å². The lowest BCUT2D eigenvalue weighted by molar-refractivity contribution is -0.140. The van der Waals surface area contributed by atoms with Crippen LogP contribution in [0.3, 0.4) is 0 Å². The van der Waals surface area contributed by atoms with Crippen LogP contribution < -0.4 is 9.62 Å². The minimum Gasteiger partial charge on any atom is -0.352 e. The Hall–Kier alpha value is -3.95. The number of rotatable bonds is 12. The normalized spacial score (nSPS) is 14.1. The molecular weight excluding hydrogens is 650 g/mol. The molecule has 7 nitrogen and oxygen atoms in total. The second-order valence-corrected chi connectivity index (χ2v) is 14.3. The quantitative estimate of drug-likeness (QED) is 0.181. The number of sulfonamides is 1. The van der Waals surface area contributed by atoms with Crippen molar-refractivity contribution in [2.45, 2.75) is 62.6 Å². The molecule has 1 aliphatic rings. The Kier molecular flexibility index (Phi) is 10.7. The molecule has 1 fully saturated rings. The Bertz CT molecular complexity index is 1690. The monoisotopic (exact) mass is 687 g/mol. The van der Waals surface area contributed by atoms with Crippen molar-refractivity contribution in [3.63, 3.8) is 0 Å². The summed E-state index contributed by atoms with van der Waals surface area (Å²) in [5.74, 6) is -0.700. The molecule has 2 amide bonds. The summed E-state index contributed by atoms with van der Waals surface area (Å²) in [6.07, 6.45) is 4.21. The minimum absolute atomic E-state index is 0.0596. The van der Waals surface area contributed by atoms with Gasteiger partial charge in [-0.3, -0.25) is 13.9 Å². The van der Waals surface area contributed by atoms with E-state index in [0.29, 0.717) is 12.1 Å². The molecule has 0 saturated heterocycles. The predicted molar refractivity (Wildman–Crippen MR) is 181 cm³/mol. The van der Waals surface area contributed by atoms with Crippen LogP contribution in [0.4, 0.5) is 5.69 Å². The number of nitrogens with zero attached hydrogens (tertiary/aromatic N) is 2. The van der Waals surface area contributed by atoms with Crippen LogP contribution in [0, 0.1) is 6.92 Å². The first kappa shape index (κ1) is 32.4. The van der Waals surface area contributed by atoms with Crippen molar-refractivity contribution in [3.8, 4) is 0 Å². The average molecular weight is 689 g/mol. The van der Waals surface area contributed by atoms with Crippen LogP contribution in [0.2, 0.25) is 0 Å². The molecular formula is C36H38BrN3O4S. The van der Waals surface area contributed by atoms with Gasteiger partial charge in [-0.05, 0) is 67.3 Å². The first-order valence-corrected chi connectivity index (χ1v) is 17.5. The molecule has 0 radical (unpaired) electrons. The van der Waals surface area contributed by atoms with Gasteiger partial charge in [0, 0.05) is 23.5 Å². The van der Waals surface area contributed by atoms with Crippen molar-refractivity contribution in [2.24, 2.45) is 0 Å². The third-order valence-corrected chi connectivity index (χ3v) is 10.4. The Morgan fingerprint density at radius 2 is 1.47 bits per heavy atom. The van der Waals surface area contributed by atoms with Crippen molar-refractivity contribution in [3.05, 3.63) is 130 Å². The van der Waals surface area contributed by atoms with E-state index in [0.717, 1.165) is 51.2 Å². The number of benzene rings is 4. The maximum atomic E-state index is 14.6. The number of hydrogen-bond acceptors (Lipinski definition) is 4. The summed E-state index contributed by atoms with van der Waals surface area (Å²) in [6.45, 7) is 1.65. The molecule has 1 aliphatic carbocycles. The van der Waals surface area contributed by atoms with E-state index < -0.39 is 28.5 Å². The fourth-order valence-electron chi connectivity index (χ4n) is 5.78. The number of halogens is 1. The van der Waals surface area contributed by atoms with Crippen LogP contribution in [-0.4, -0.2) is 43.8 Å². The summed E-state index contributed by atoms with van der Waals surface area (Å²) in [4.78, 5) is 30.3. The molecule has 1 N–H and O–H groups in total.